The summed E-state index contributed by atoms with van der Waals surface area (Å²) in [6.45, 7) is 3.98. The largest absolute Gasteiger partial charge is 0.390 e. The van der Waals surface area contributed by atoms with Gasteiger partial charge in [0.05, 0.1) is 23.3 Å². The molecular formula is C14H19BrFNO2. The van der Waals surface area contributed by atoms with Crippen LogP contribution in [0.1, 0.15) is 18.9 Å². The van der Waals surface area contributed by atoms with Crippen LogP contribution in [0.3, 0.4) is 0 Å². The van der Waals surface area contributed by atoms with E-state index in [0.717, 1.165) is 18.7 Å². The zero-order valence-electron chi connectivity index (χ0n) is 11.0. The summed E-state index contributed by atoms with van der Waals surface area (Å²) in [5.74, 6) is -0.286. The van der Waals surface area contributed by atoms with Crippen LogP contribution in [-0.2, 0) is 11.2 Å². The zero-order chi connectivity index (χ0) is 13.9. The number of nitrogens with one attached hydrogen (secondary N) is 1. The van der Waals surface area contributed by atoms with Crippen molar-refractivity contribution in [1.82, 2.24) is 5.32 Å². The molecular weight excluding hydrogens is 313 g/mol. The SMILES string of the molecule is CC(O)(Cc1ccc(F)c(Br)c1)CC1COCCN1. The van der Waals surface area contributed by atoms with Gasteiger partial charge in [-0.1, -0.05) is 6.07 Å². The van der Waals surface area contributed by atoms with E-state index in [1.807, 2.05) is 0 Å². The number of hydrogen-bond acceptors (Lipinski definition) is 3. The van der Waals surface area contributed by atoms with Gasteiger partial charge in [0.2, 0.25) is 0 Å². The maximum absolute atomic E-state index is 13.2. The van der Waals surface area contributed by atoms with Gasteiger partial charge in [-0.05, 0) is 47.0 Å². The van der Waals surface area contributed by atoms with E-state index in [2.05, 4.69) is 21.2 Å². The van der Waals surface area contributed by atoms with E-state index >= 15 is 0 Å². The van der Waals surface area contributed by atoms with E-state index in [0.29, 0.717) is 23.9 Å². The second-order valence-electron chi connectivity index (χ2n) is 5.35. The van der Waals surface area contributed by atoms with Crippen molar-refractivity contribution in [2.24, 2.45) is 0 Å². The van der Waals surface area contributed by atoms with Gasteiger partial charge in [-0.25, -0.2) is 4.39 Å². The molecule has 1 aromatic carbocycles. The van der Waals surface area contributed by atoms with Gasteiger partial charge in [0.1, 0.15) is 5.82 Å². The average Bonchev–Trinajstić information content (AvgIpc) is 2.34. The predicted molar refractivity (Wildman–Crippen MR) is 75.7 cm³/mol. The van der Waals surface area contributed by atoms with Crippen LogP contribution in [0.4, 0.5) is 4.39 Å². The third-order valence-corrected chi connectivity index (χ3v) is 3.86. The number of rotatable bonds is 4. The minimum atomic E-state index is -0.838. The van der Waals surface area contributed by atoms with Gasteiger partial charge in [-0.15, -0.1) is 0 Å². The molecule has 0 aromatic heterocycles. The van der Waals surface area contributed by atoms with Crippen LogP contribution in [0.2, 0.25) is 0 Å². The fourth-order valence-corrected chi connectivity index (χ4v) is 2.87. The molecule has 1 aromatic rings. The Morgan fingerprint density at radius 2 is 2.37 bits per heavy atom. The first-order valence-electron chi connectivity index (χ1n) is 6.44. The molecule has 1 heterocycles. The second kappa shape index (κ2) is 6.31. The van der Waals surface area contributed by atoms with Crippen molar-refractivity contribution >= 4 is 15.9 Å². The lowest BCUT2D eigenvalue weighted by Gasteiger charge is -2.31. The Labute approximate surface area is 121 Å². The lowest BCUT2D eigenvalue weighted by Crippen LogP contribution is -2.46. The highest BCUT2D eigenvalue weighted by atomic mass is 79.9. The van der Waals surface area contributed by atoms with Gasteiger partial charge in [-0.2, -0.15) is 0 Å². The van der Waals surface area contributed by atoms with E-state index in [-0.39, 0.29) is 11.9 Å². The first-order chi connectivity index (χ1) is 8.96. The third-order valence-electron chi connectivity index (χ3n) is 3.25. The molecule has 2 unspecified atom stereocenters. The molecule has 1 aliphatic rings. The normalized spacial score (nSPS) is 23.1. The Balaban J connectivity index is 1.96. The summed E-state index contributed by atoms with van der Waals surface area (Å²) in [4.78, 5) is 0. The summed E-state index contributed by atoms with van der Waals surface area (Å²) in [7, 11) is 0. The van der Waals surface area contributed by atoms with Gasteiger partial charge in [0.25, 0.3) is 0 Å². The van der Waals surface area contributed by atoms with Crippen LogP contribution < -0.4 is 5.32 Å². The fraction of sp³-hybridized carbons (Fsp3) is 0.571. The number of halogens is 2. The van der Waals surface area contributed by atoms with E-state index < -0.39 is 5.60 Å². The summed E-state index contributed by atoms with van der Waals surface area (Å²) in [5, 5.41) is 13.8. The van der Waals surface area contributed by atoms with Crippen molar-refractivity contribution in [2.75, 3.05) is 19.8 Å². The van der Waals surface area contributed by atoms with Crippen LogP contribution >= 0.6 is 15.9 Å². The fourth-order valence-electron chi connectivity index (χ4n) is 2.44. The van der Waals surface area contributed by atoms with E-state index in [4.69, 9.17) is 4.74 Å². The standard InChI is InChI=1S/C14H19BrFNO2/c1-14(18,8-11-9-19-5-4-17-11)7-10-2-3-13(16)12(15)6-10/h2-3,6,11,17-18H,4-5,7-9H2,1H3. The second-order valence-corrected chi connectivity index (χ2v) is 6.21. The maximum Gasteiger partial charge on any atom is 0.137 e. The summed E-state index contributed by atoms with van der Waals surface area (Å²) < 4.78 is 19.0. The quantitative estimate of drug-likeness (QED) is 0.889. The molecule has 1 aliphatic heterocycles. The van der Waals surface area contributed by atoms with Crippen molar-refractivity contribution in [3.8, 4) is 0 Å². The van der Waals surface area contributed by atoms with Crippen molar-refractivity contribution in [1.29, 1.82) is 0 Å². The van der Waals surface area contributed by atoms with Crippen LogP contribution in [-0.4, -0.2) is 36.5 Å². The number of morpholine rings is 1. The van der Waals surface area contributed by atoms with E-state index in [1.54, 1.807) is 19.1 Å². The lowest BCUT2D eigenvalue weighted by atomic mass is 9.90. The Bertz CT molecular complexity index is 433. The third kappa shape index (κ3) is 4.53. The number of aliphatic hydroxyl groups is 1. The lowest BCUT2D eigenvalue weighted by molar-refractivity contribution is 0.00649. The van der Waals surface area contributed by atoms with E-state index in [1.165, 1.54) is 6.07 Å². The van der Waals surface area contributed by atoms with Crippen LogP contribution in [0.5, 0.6) is 0 Å². The molecule has 0 amide bonds. The van der Waals surface area contributed by atoms with Crippen LogP contribution in [0.25, 0.3) is 0 Å². The Hall–Kier alpha value is -0.490. The Morgan fingerprint density at radius 3 is 3.00 bits per heavy atom. The van der Waals surface area contributed by atoms with Crippen molar-refractivity contribution in [2.45, 2.75) is 31.4 Å². The number of ether oxygens (including phenoxy) is 1. The highest BCUT2D eigenvalue weighted by Crippen LogP contribution is 2.23. The van der Waals surface area contributed by atoms with Gasteiger partial charge in [0.15, 0.2) is 0 Å². The summed E-state index contributed by atoms with van der Waals surface area (Å²) in [5.41, 5.74) is 0.0744. The molecule has 0 radical (unpaired) electrons. The van der Waals surface area contributed by atoms with Gasteiger partial charge < -0.3 is 15.2 Å². The average molecular weight is 332 g/mol. The van der Waals surface area contributed by atoms with Crippen LogP contribution in [0.15, 0.2) is 22.7 Å². The molecule has 0 bridgehead atoms. The molecule has 5 heteroatoms. The van der Waals surface area contributed by atoms with Crippen LogP contribution in [0, 0.1) is 5.82 Å². The van der Waals surface area contributed by atoms with Crippen molar-refractivity contribution < 1.29 is 14.2 Å². The van der Waals surface area contributed by atoms with Gasteiger partial charge in [0, 0.05) is 19.0 Å². The highest BCUT2D eigenvalue weighted by molar-refractivity contribution is 9.10. The minimum Gasteiger partial charge on any atom is -0.390 e. The van der Waals surface area contributed by atoms with Crippen molar-refractivity contribution in [3.63, 3.8) is 0 Å². The predicted octanol–water partition coefficient (Wildman–Crippen LogP) is 2.26. The molecule has 3 nitrogen and oxygen atoms in total. The van der Waals surface area contributed by atoms with Gasteiger partial charge in [-0.3, -0.25) is 0 Å². The summed E-state index contributed by atoms with van der Waals surface area (Å²) in [6.07, 6.45) is 1.10. The molecule has 0 aliphatic carbocycles. The molecule has 1 fully saturated rings. The smallest absolute Gasteiger partial charge is 0.137 e. The summed E-state index contributed by atoms with van der Waals surface area (Å²) in [6, 6.07) is 5.01. The maximum atomic E-state index is 13.2. The van der Waals surface area contributed by atoms with E-state index in [9.17, 15) is 9.50 Å². The minimum absolute atomic E-state index is 0.174. The zero-order valence-corrected chi connectivity index (χ0v) is 12.5. The molecule has 0 spiro atoms. The monoisotopic (exact) mass is 331 g/mol. The topological polar surface area (TPSA) is 41.5 Å². The molecule has 106 valence electrons. The molecule has 2 rings (SSSR count). The first kappa shape index (κ1) is 14.9. The molecule has 2 atom stereocenters. The van der Waals surface area contributed by atoms with Gasteiger partial charge >= 0.3 is 0 Å². The van der Waals surface area contributed by atoms with Crippen molar-refractivity contribution in [3.05, 3.63) is 34.1 Å². The highest BCUT2D eigenvalue weighted by Gasteiger charge is 2.27. The summed E-state index contributed by atoms with van der Waals surface area (Å²) >= 11 is 3.16. The Morgan fingerprint density at radius 1 is 1.58 bits per heavy atom. The molecule has 0 saturated carbocycles. The molecule has 1 saturated heterocycles. The molecule has 19 heavy (non-hydrogen) atoms. The number of hydrogen-bond donors (Lipinski definition) is 2. The molecule has 2 N–H and O–H groups in total. The number of benzene rings is 1. The Kier molecular flexibility index (Phi) is 4.95. The first-order valence-corrected chi connectivity index (χ1v) is 7.23.